The molecule has 0 N–H and O–H groups in total. The van der Waals surface area contributed by atoms with Gasteiger partial charge in [-0.1, -0.05) is 66.2 Å². The molecule has 2 amide bonds. The summed E-state index contributed by atoms with van der Waals surface area (Å²) in [5, 5.41) is 1.39. The van der Waals surface area contributed by atoms with Gasteiger partial charge in [-0.05, 0) is 75.8 Å². The number of rotatable bonds is 7. The number of hydrogen-bond donors (Lipinski definition) is 0. The largest absolute Gasteiger partial charge is 0.496 e. The Morgan fingerprint density at radius 1 is 0.907 bits per heavy atom. The molecule has 1 heterocycles. The van der Waals surface area contributed by atoms with E-state index in [0.29, 0.717) is 16.4 Å². The Hall–Kier alpha value is -3.55. The van der Waals surface area contributed by atoms with Crippen LogP contribution in [0.5, 0.6) is 5.75 Å². The van der Waals surface area contributed by atoms with Crippen LogP contribution in [0.2, 0.25) is 5.02 Å². The minimum atomic E-state index is -0.553. The summed E-state index contributed by atoms with van der Waals surface area (Å²) in [4.78, 5) is 31.4. The minimum absolute atomic E-state index is 0.0258. The zero-order valence-electron chi connectivity index (χ0n) is 25.4. The number of halogens is 1. The maximum Gasteiger partial charge on any atom is 0.410 e. The highest BCUT2D eigenvalue weighted by Crippen LogP contribution is 2.38. The molecule has 43 heavy (non-hydrogen) atoms. The molecule has 1 aliphatic rings. The fourth-order valence-corrected chi connectivity index (χ4v) is 7.25. The van der Waals surface area contributed by atoms with Gasteiger partial charge in [-0.15, -0.1) is 11.3 Å². The molecule has 8 heteroatoms. The van der Waals surface area contributed by atoms with E-state index in [4.69, 9.17) is 21.1 Å². The van der Waals surface area contributed by atoms with Crippen molar-refractivity contribution in [2.24, 2.45) is 0 Å². The lowest BCUT2D eigenvalue weighted by Gasteiger charge is -2.40. The molecule has 0 unspecified atom stereocenters. The number of thiophene rings is 1. The van der Waals surface area contributed by atoms with Gasteiger partial charge in [-0.25, -0.2) is 4.79 Å². The van der Waals surface area contributed by atoms with Gasteiger partial charge in [0, 0.05) is 41.3 Å². The van der Waals surface area contributed by atoms with Gasteiger partial charge >= 0.3 is 6.09 Å². The molecular formula is C35H39ClN2O4S. The van der Waals surface area contributed by atoms with E-state index < -0.39 is 5.60 Å². The van der Waals surface area contributed by atoms with Crippen LogP contribution in [-0.4, -0.2) is 53.6 Å². The first-order chi connectivity index (χ1) is 20.6. The molecule has 0 spiro atoms. The van der Waals surface area contributed by atoms with Gasteiger partial charge in [0.25, 0.3) is 5.91 Å². The van der Waals surface area contributed by atoms with E-state index in [1.807, 2.05) is 80.3 Å². The number of fused-ring (bicyclic) bond motifs is 1. The Balaban J connectivity index is 1.45. The minimum Gasteiger partial charge on any atom is -0.496 e. The number of nitrogens with zero attached hydrogens (tertiary/aromatic N) is 2. The van der Waals surface area contributed by atoms with Crippen LogP contribution in [-0.2, 0) is 11.3 Å². The topological polar surface area (TPSA) is 59.1 Å². The Morgan fingerprint density at radius 2 is 1.56 bits per heavy atom. The molecule has 1 saturated carbocycles. The molecule has 0 saturated heterocycles. The fraction of sp³-hybridized carbons (Fsp3) is 0.371. The van der Waals surface area contributed by atoms with Crippen molar-refractivity contribution in [1.82, 2.24) is 9.80 Å². The Kier molecular flexibility index (Phi) is 9.33. The molecule has 226 valence electrons. The van der Waals surface area contributed by atoms with Gasteiger partial charge in [-0.3, -0.25) is 4.79 Å². The number of hydrogen-bond acceptors (Lipinski definition) is 5. The summed E-state index contributed by atoms with van der Waals surface area (Å²) >= 11 is 8.27. The number of carbonyl (C=O) groups excluding carboxylic acids is 2. The first-order valence-electron chi connectivity index (χ1n) is 14.7. The van der Waals surface area contributed by atoms with Gasteiger partial charge in [-0.2, -0.15) is 0 Å². The third-order valence-corrected chi connectivity index (χ3v) is 9.72. The molecule has 0 aliphatic heterocycles. The van der Waals surface area contributed by atoms with E-state index in [-0.39, 0.29) is 24.1 Å². The van der Waals surface area contributed by atoms with Crippen molar-refractivity contribution in [3.63, 3.8) is 0 Å². The summed E-state index contributed by atoms with van der Waals surface area (Å²) in [5.74, 6) is 0.653. The first kappa shape index (κ1) is 30.9. The van der Waals surface area contributed by atoms with E-state index in [1.165, 1.54) is 11.3 Å². The zero-order valence-corrected chi connectivity index (χ0v) is 27.0. The Morgan fingerprint density at radius 3 is 2.21 bits per heavy atom. The first-order valence-corrected chi connectivity index (χ1v) is 15.9. The van der Waals surface area contributed by atoms with E-state index in [0.717, 1.165) is 58.2 Å². The van der Waals surface area contributed by atoms with Crippen molar-refractivity contribution in [1.29, 1.82) is 0 Å². The summed E-state index contributed by atoms with van der Waals surface area (Å²) in [6.07, 6.45) is 2.74. The normalized spacial score (nSPS) is 17.0. The Labute approximate surface area is 263 Å². The van der Waals surface area contributed by atoms with Crippen LogP contribution in [0.3, 0.4) is 0 Å². The molecule has 0 bridgehead atoms. The standard InChI is InChI=1S/C35H39ClN2O4S/c1-35(2,3)42-34(40)37(4)26-16-18-27(19-17-26)38(33(39)32-31(36)28-13-9-10-14-30(28)43-32)22-25-21-24(15-20-29(25)41-5)23-11-7-6-8-12-23/h6-15,20-21,26-27H,16-19,22H2,1-5H3/t26-,27-. The SMILES string of the molecule is COc1ccc(-c2ccccc2)cc1CN(C(=O)c1sc2ccccc2c1Cl)[C@H]1CC[C@H](N(C)C(=O)OC(C)(C)C)CC1. The molecule has 1 aromatic heterocycles. The third kappa shape index (κ3) is 7.00. The van der Waals surface area contributed by atoms with E-state index in [2.05, 4.69) is 18.2 Å². The van der Waals surface area contributed by atoms with Gasteiger partial charge in [0.05, 0.1) is 12.1 Å². The van der Waals surface area contributed by atoms with E-state index in [1.54, 1.807) is 19.1 Å². The highest BCUT2D eigenvalue weighted by molar-refractivity contribution is 7.21. The second kappa shape index (κ2) is 13.0. The van der Waals surface area contributed by atoms with Gasteiger partial charge in [0.2, 0.25) is 0 Å². The van der Waals surface area contributed by atoms with Crippen LogP contribution in [0, 0.1) is 0 Å². The average molecular weight is 619 g/mol. The fourth-order valence-electron chi connectivity index (χ4n) is 5.78. The monoisotopic (exact) mass is 618 g/mol. The van der Waals surface area contributed by atoms with Gasteiger partial charge in [0.1, 0.15) is 16.2 Å². The maximum absolute atomic E-state index is 14.4. The van der Waals surface area contributed by atoms with Crippen LogP contribution < -0.4 is 4.74 Å². The number of amides is 2. The molecule has 4 aromatic rings. The van der Waals surface area contributed by atoms with Crippen LogP contribution >= 0.6 is 22.9 Å². The summed E-state index contributed by atoms with van der Waals surface area (Å²) < 4.78 is 12.4. The van der Waals surface area contributed by atoms with Crippen molar-refractivity contribution >= 4 is 45.0 Å². The highest BCUT2D eigenvalue weighted by atomic mass is 35.5. The van der Waals surface area contributed by atoms with Crippen LogP contribution in [0.15, 0.2) is 72.8 Å². The predicted octanol–water partition coefficient (Wildman–Crippen LogP) is 9.05. The third-order valence-electron chi connectivity index (χ3n) is 8.05. The van der Waals surface area contributed by atoms with Crippen LogP contribution in [0.1, 0.15) is 61.7 Å². The number of methoxy groups -OCH3 is 1. The molecule has 6 nitrogen and oxygen atoms in total. The van der Waals surface area contributed by atoms with Crippen molar-refractivity contribution < 1.29 is 19.1 Å². The van der Waals surface area contributed by atoms with Gasteiger partial charge in [0.15, 0.2) is 0 Å². The van der Waals surface area contributed by atoms with Gasteiger partial charge < -0.3 is 19.3 Å². The molecule has 1 fully saturated rings. The molecule has 5 rings (SSSR count). The molecular weight excluding hydrogens is 580 g/mol. The van der Waals surface area contributed by atoms with Crippen molar-refractivity contribution in [2.75, 3.05) is 14.2 Å². The predicted molar refractivity (Wildman–Crippen MR) is 175 cm³/mol. The summed E-state index contributed by atoms with van der Waals surface area (Å²) in [6.45, 7) is 6.00. The molecule has 0 radical (unpaired) electrons. The summed E-state index contributed by atoms with van der Waals surface area (Å²) in [6, 6.07) is 24.2. The van der Waals surface area contributed by atoms with Crippen molar-refractivity contribution in [3.8, 4) is 16.9 Å². The Bertz CT molecular complexity index is 1590. The average Bonchev–Trinajstić information content (AvgIpc) is 3.35. The molecule has 3 aromatic carbocycles. The second-order valence-electron chi connectivity index (χ2n) is 12.1. The quantitative estimate of drug-likeness (QED) is 0.207. The second-order valence-corrected chi connectivity index (χ2v) is 13.6. The summed E-state index contributed by atoms with van der Waals surface area (Å²) in [7, 11) is 3.46. The lowest BCUT2D eigenvalue weighted by Crippen LogP contribution is -2.47. The zero-order chi connectivity index (χ0) is 30.7. The summed E-state index contributed by atoms with van der Waals surface area (Å²) in [5.41, 5.74) is 2.54. The number of ether oxygens (including phenoxy) is 2. The lowest BCUT2D eigenvalue weighted by atomic mass is 9.89. The van der Waals surface area contributed by atoms with Crippen LogP contribution in [0.4, 0.5) is 4.79 Å². The number of benzene rings is 3. The smallest absolute Gasteiger partial charge is 0.410 e. The molecule has 0 atom stereocenters. The molecule has 1 aliphatic carbocycles. The van der Waals surface area contributed by atoms with Crippen molar-refractivity contribution in [2.45, 2.75) is 70.7 Å². The van der Waals surface area contributed by atoms with Crippen LogP contribution in [0.25, 0.3) is 21.2 Å². The lowest BCUT2D eigenvalue weighted by molar-refractivity contribution is 0.0144. The maximum atomic E-state index is 14.4. The van der Waals surface area contributed by atoms with E-state index >= 15 is 0 Å². The number of carbonyl (C=O) groups is 2. The van der Waals surface area contributed by atoms with Crippen molar-refractivity contribution in [3.05, 3.63) is 88.3 Å². The van der Waals surface area contributed by atoms with E-state index in [9.17, 15) is 9.59 Å². The highest BCUT2D eigenvalue weighted by Gasteiger charge is 2.35.